The van der Waals surface area contributed by atoms with E-state index < -0.39 is 0 Å². The number of hydrogen-bond acceptors (Lipinski definition) is 6. The van der Waals surface area contributed by atoms with Crippen LogP contribution in [0.4, 0.5) is 0 Å². The van der Waals surface area contributed by atoms with Crippen molar-refractivity contribution in [2.75, 3.05) is 39.8 Å². The quantitative estimate of drug-likeness (QED) is 0.520. The van der Waals surface area contributed by atoms with E-state index in [1.165, 1.54) is 0 Å². The number of amides is 1. The number of carbonyl (C=O) groups is 1. The molecule has 1 fully saturated rings. The van der Waals surface area contributed by atoms with Gasteiger partial charge in [-0.1, -0.05) is 42.5 Å². The van der Waals surface area contributed by atoms with E-state index in [4.69, 9.17) is 9.47 Å². The summed E-state index contributed by atoms with van der Waals surface area (Å²) in [5.74, 6) is 1.75. The van der Waals surface area contributed by atoms with Crippen molar-refractivity contribution in [3.05, 3.63) is 89.7 Å². The predicted octanol–water partition coefficient (Wildman–Crippen LogP) is 3.98. The maximum atomic E-state index is 13.4. The highest BCUT2D eigenvalue weighted by molar-refractivity contribution is 5.83. The van der Waals surface area contributed by atoms with Gasteiger partial charge in [-0.25, -0.2) is 0 Å². The SMILES string of the molecule is COc1ccccc1[C@H]1CN(CCNC(=O)[C@H](c2cccnc2)N2CCCC2)Cc2ccccc2O1. The Kier molecular flexibility index (Phi) is 7.79. The van der Waals surface area contributed by atoms with Crippen molar-refractivity contribution in [2.45, 2.75) is 31.5 Å². The lowest BCUT2D eigenvalue weighted by Crippen LogP contribution is -2.42. The number of para-hydroxylation sites is 2. The largest absolute Gasteiger partial charge is 0.496 e. The first kappa shape index (κ1) is 24.3. The Labute approximate surface area is 213 Å². The standard InChI is InChI=1S/C29H34N4O3/c1-35-26-13-5-3-11-24(26)27-21-32(20-23-9-2-4-12-25(23)36-27)18-15-31-29(34)28(33-16-6-7-17-33)22-10-8-14-30-19-22/h2-5,8-14,19,27-28H,6-7,15-18,20-21H2,1H3,(H,31,34)/t27-,28+/m1/s1. The van der Waals surface area contributed by atoms with Crippen LogP contribution in [0.25, 0.3) is 0 Å². The van der Waals surface area contributed by atoms with Crippen molar-refractivity contribution in [3.8, 4) is 11.5 Å². The van der Waals surface area contributed by atoms with Crippen molar-refractivity contribution in [1.82, 2.24) is 20.1 Å². The third-order valence-corrected chi connectivity index (χ3v) is 7.03. The van der Waals surface area contributed by atoms with Gasteiger partial charge >= 0.3 is 0 Å². The van der Waals surface area contributed by atoms with E-state index in [1.807, 2.05) is 54.7 Å². The minimum absolute atomic E-state index is 0.0395. The zero-order valence-corrected chi connectivity index (χ0v) is 20.8. The van der Waals surface area contributed by atoms with Crippen LogP contribution in [-0.4, -0.2) is 60.5 Å². The number of pyridine rings is 1. The molecule has 1 aromatic heterocycles. The van der Waals surface area contributed by atoms with Gasteiger partial charge in [-0.3, -0.25) is 19.6 Å². The van der Waals surface area contributed by atoms with Gasteiger partial charge in [0, 0.05) is 49.7 Å². The molecule has 1 amide bonds. The summed E-state index contributed by atoms with van der Waals surface area (Å²) in [6, 6.07) is 19.8. The number of ether oxygens (including phenoxy) is 2. The second kappa shape index (κ2) is 11.5. The molecule has 2 atom stereocenters. The van der Waals surface area contributed by atoms with Crippen molar-refractivity contribution >= 4 is 5.91 Å². The fraction of sp³-hybridized carbons (Fsp3) is 0.379. The lowest BCUT2D eigenvalue weighted by molar-refractivity contribution is -0.126. The first-order valence-corrected chi connectivity index (χ1v) is 12.7. The number of nitrogens with zero attached hydrogens (tertiary/aromatic N) is 3. The summed E-state index contributed by atoms with van der Waals surface area (Å²) < 4.78 is 12.1. The monoisotopic (exact) mass is 486 g/mol. The van der Waals surface area contributed by atoms with Crippen LogP contribution in [0.1, 0.15) is 41.7 Å². The molecular formula is C29H34N4O3. The molecule has 0 unspecified atom stereocenters. The Morgan fingerprint density at radius 2 is 1.92 bits per heavy atom. The molecule has 36 heavy (non-hydrogen) atoms. The zero-order chi connectivity index (χ0) is 24.7. The van der Waals surface area contributed by atoms with Crippen LogP contribution in [0.5, 0.6) is 11.5 Å². The summed E-state index contributed by atoms with van der Waals surface area (Å²) in [5, 5.41) is 3.21. The molecule has 0 bridgehead atoms. The number of fused-ring (bicyclic) bond motifs is 1. The number of methoxy groups -OCH3 is 1. The van der Waals surface area contributed by atoms with Gasteiger partial charge in [0.2, 0.25) is 5.91 Å². The van der Waals surface area contributed by atoms with Crippen LogP contribution in [-0.2, 0) is 11.3 Å². The first-order chi connectivity index (χ1) is 17.7. The first-order valence-electron chi connectivity index (χ1n) is 12.7. The molecule has 3 aromatic rings. The Bertz CT molecular complexity index is 1150. The third kappa shape index (κ3) is 5.53. The number of benzene rings is 2. The second-order valence-electron chi connectivity index (χ2n) is 9.41. The highest BCUT2D eigenvalue weighted by Crippen LogP contribution is 2.34. The number of aromatic nitrogens is 1. The average molecular weight is 487 g/mol. The number of likely N-dealkylation sites (tertiary alicyclic amines) is 1. The van der Waals surface area contributed by atoms with E-state index in [1.54, 1.807) is 13.3 Å². The fourth-order valence-corrected chi connectivity index (χ4v) is 5.24. The lowest BCUT2D eigenvalue weighted by Gasteiger charge is -2.28. The highest BCUT2D eigenvalue weighted by Gasteiger charge is 2.30. The van der Waals surface area contributed by atoms with Crippen molar-refractivity contribution in [3.63, 3.8) is 0 Å². The van der Waals surface area contributed by atoms with Gasteiger partial charge in [-0.2, -0.15) is 0 Å². The molecule has 188 valence electrons. The topological polar surface area (TPSA) is 66.9 Å². The molecule has 7 nitrogen and oxygen atoms in total. The van der Waals surface area contributed by atoms with Crippen LogP contribution in [0.2, 0.25) is 0 Å². The number of hydrogen-bond donors (Lipinski definition) is 1. The van der Waals surface area contributed by atoms with Gasteiger partial charge in [0.15, 0.2) is 0 Å². The number of nitrogens with one attached hydrogen (secondary N) is 1. The molecule has 0 saturated carbocycles. The van der Waals surface area contributed by atoms with E-state index in [0.717, 1.165) is 67.2 Å². The van der Waals surface area contributed by atoms with E-state index >= 15 is 0 Å². The van der Waals surface area contributed by atoms with E-state index in [2.05, 4.69) is 32.2 Å². The third-order valence-electron chi connectivity index (χ3n) is 7.03. The van der Waals surface area contributed by atoms with Gasteiger partial charge in [0.05, 0.1) is 7.11 Å². The number of rotatable bonds is 8. The predicted molar refractivity (Wildman–Crippen MR) is 139 cm³/mol. The van der Waals surface area contributed by atoms with E-state index in [-0.39, 0.29) is 18.1 Å². The molecule has 7 heteroatoms. The molecule has 0 radical (unpaired) electrons. The minimum atomic E-state index is -0.296. The van der Waals surface area contributed by atoms with Gasteiger partial charge in [-0.05, 0) is 49.7 Å². The molecule has 5 rings (SSSR count). The normalized spacial score (nSPS) is 19.1. The van der Waals surface area contributed by atoms with Crippen molar-refractivity contribution in [2.24, 2.45) is 0 Å². The molecule has 1 N–H and O–H groups in total. The Hall–Kier alpha value is -3.42. The zero-order valence-electron chi connectivity index (χ0n) is 20.8. The van der Waals surface area contributed by atoms with Crippen molar-refractivity contribution < 1.29 is 14.3 Å². The summed E-state index contributed by atoms with van der Waals surface area (Å²) >= 11 is 0. The van der Waals surface area contributed by atoms with E-state index in [9.17, 15) is 4.79 Å². The van der Waals surface area contributed by atoms with E-state index in [0.29, 0.717) is 13.1 Å². The van der Waals surface area contributed by atoms with Gasteiger partial charge in [-0.15, -0.1) is 0 Å². The fourth-order valence-electron chi connectivity index (χ4n) is 5.24. The minimum Gasteiger partial charge on any atom is -0.496 e. The van der Waals surface area contributed by atoms with Crippen LogP contribution in [0.3, 0.4) is 0 Å². The summed E-state index contributed by atoms with van der Waals surface area (Å²) in [6.07, 6.45) is 5.64. The van der Waals surface area contributed by atoms with Gasteiger partial charge < -0.3 is 14.8 Å². The maximum Gasteiger partial charge on any atom is 0.242 e. The number of carbonyl (C=O) groups excluding carboxylic acids is 1. The molecular weight excluding hydrogens is 452 g/mol. The van der Waals surface area contributed by atoms with Crippen LogP contribution in [0.15, 0.2) is 73.1 Å². The molecule has 1 saturated heterocycles. The highest BCUT2D eigenvalue weighted by atomic mass is 16.5. The molecule has 2 aliphatic heterocycles. The summed E-state index contributed by atoms with van der Waals surface area (Å²) in [7, 11) is 1.69. The molecule has 3 heterocycles. The summed E-state index contributed by atoms with van der Waals surface area (Å²) in [4.78, 5) is 22.2. The maximum absolute atomic E-state index is 13.4. The Morgan fingerprint density at radius 1 is 1.11 bits per heavy atom. The lowest BCUT2D eigenvalue weighted by atomic mass is 10.1. The molecule has 0 spiro atoms. The van der Waals surface area contributed by atoms with Crippen LogP contribution in [0, 0.1) is 0 Å². The molecule has 2 aliphatic rings. The van der Waals surface area contributed by atoms with Crippen molar-refractivity contribution in [1.29, 1.82) is 0 Å². The second-order valence-corrected chi connectivity index (χ2v) is 9.41. The van der Waals surface area contributed by atoms with Crippen LogP contribution < -0.4 is 14.8 Å². The molecule has 2 aromatic carbocycles. The Morgan fingerprint density at radius 3 is 2.72 bits per heavy atom. The average Bonchev–Trinajstić information content (AvgIpc) is 3.37. The van der Waals surface area contributed by atoms with Gasteiger partial charge in [0.25, 0.3) is 0 Å². The summed E-state index contributed by atoms with van der Waals surface area (Å²) in [5.41, 5.74) is 3.12. The summed E-state index contributed by atoms with van der Waals surface area (Å²) in [6.45, 7) is 4.61. The molecule has 0 aliphatic carbocycles. The smallest absolute Gasteiger partial charge is 0.242 e. The Balaban J connectivity index is 1.29. The van der Waals surface area contributed by atoms with Gasteiger partial charge in [0.1, 0.15) is 23.6 Å². The van der Waals surface area contributed by atoms with Crippen LogP contribution >= 0.6 is 0 Å².